The van der Waals surface area contributed by atoms with Gasteiger partial charge in [0.1, 0.15) is 5.76 Å². The van der Waals surface area contributed by atoms with E-state index < -0.39 is 5.97 Å². The molecule has 1 heterocycles. The zero-order valence-electron chi connectivity index (χ0n) is 5.87. The molecule has 0 spiro atoms. The molecule has 0 aliphatic carbocycles. The maximum Gasteiger partial charge on any atom is 0.108 e. The van der Waals surface area contributed by atoms with Gasteiger partial charge in [-0.1, -0.05) is 6.58 Å². The van der Waals surface area contributed by atoms with Gasteiger partial charge in [0.05, 0.1) is 12.2 Å². The van der Waals surface area contributed by atoms with E-state index in [-0.39, 0.29) is 12.0 Å². The van der Waals surface area contributed by atoms with E-state index in [2.05, 4.69) is 6.58 Å². The van der Waals surface area contributed by atoms with Crippen LogP contribution in [0, 0.1) is 0 Å². The third-order valence-electron chi connectivity index (χ3n) is 1.26. The van der Waals surface area contributed by atoms with Crippen molar-refractivity contribution in [3.8, 4) is 0 Å². The van der Waals surface area contributed by atoms with Crippen LogP contribution in [0.2, 0.25) is 0 Å². The summed E-state index contributed by atoms with van der Waals surface area (Å²) >= 11 is 0. The van der Waals surface area contributed by atoms with E-state index in [1.807, 2.05) is 0 Å². The summed E-state index contributed by atoms with van der Waals surface area (Å²) in [5.41, 5.74) is 0.0277. The van der Waals surface area contributed by atoms with E-state index in [4.69, 9.17) is 4.42 Å². The van der Waals surface area contributed by atoms with Crippen LogP contribution in [0.5, 0.6) is 0 Å². The monoisotopic (exact) mass is 151 g/mol. The maximum atomic E-state index is 10.2. The van der Waals surface area contributed by atoms with E-state index in [1.54, 1.807) is 12.1 Å². The molecule has 0 bridgehead atoms. The molecule has 3 nitrogen and oxygen atoms in total. The Morgan fingerprint density at radius 1 is 1.73 bits per heavy atom. The molecule has 0 aliphatic rings. The van der Waals surface area contributed by atoms with Gasteiger partial charge in [-0.25, -0.2) is 0 Å². The second-order valence-corrected chi connectivity index (χ2v) is 2.15. The third kappa shape index (κ3) is 1.97. The summed E-state index contributed by atoms with van der Waals surface area (Å²) in [5.74, 6) is -0.652. The SMILES string of the molecule is C=C(Cc1ccco1)C(=O)[O-]. The predicted octanol–water partition coefficient (Wildman–Crippen LogP) is 0.128. The molecule has 58 valence electrons. The normalized spacial score (nSPS) is 9.45. The van der Waals surface area contributed by atoms with Gasteiger partial charge in [0.15, 0.2) is 0 Å². The second-order valence-electron chi connectivity index (χ2n) is 2.15. The van der Waals surface area contributed by atoms with Crippen molar-refractivity contribution in [1.82, 2.24) is 0 Å². The summed E-state index contributed by atoms with van der Waals surface area (Å²) in [7, 11) is 0. The van der Waals surface area contributed by atoms with Gasteiger partial charge in [-0.05, 0) is 17.7 Å². The Balaban J connectivity index is 2.57. The van der Waals surface area contributed by atoms with Gasteiger partial charge >= 0.3 is 0 Å². The van der Waals surface area contributed by atoms with Crippen molar-refractivity contribution in [1.29, 1.82) is 0 Å². The maximum absolute atomic E-state index is 10.2. The van der Waals surface area contributed by atoms with Crippen LogP contribution < -0.4 is 5.11 Å². The quantitative estimate of drug-likeness (QED) is 0.577. The van der Waals surface area contributed by atoms with E-state index in [1.165, 1.54) is 6.26 Å². The largest absolute Gasteiger partial charge is 0.545 e. The lowest BCUT2D eigenvalue weighted by molar-refractivity contribution is -0.299. The highest BCUT2D eigenvalue weighted by Crippen LogP contribution is 2.05. The zero-order valence-corrected chi connectivity index (χ0v) is 5.87. The Kier molecular flexibility index (Phi) is 2.11. The predicted molar refractivity (Wildman–Crippen MR) is 36.6 cm³/mol. The highest BCUT2D eigenvalue weighted by Gasteiger charge is 1.99. The molecule has 11 heavy (non-hydrogen) atoms. The number of carbonyl (C=O) groups is 1. The standard InChI is InChI=1S/C8H8O3/c1-6(8(9)10)5-7-3-2-4-11-7/h2-4H,1,5H2,(H,9,10)/p-1. The smallest absolute Gasteiger partial charge is 0.108 e. The van der Waals surface area contributed by atoms with Gasteiger partial charge in [-0.3, -0.25) is 0 Å². The van der Waals surface area contributed by atoms with Gasteiger partial charge in [-0.15, -0.1) is 0 Å². The van der Waals surface area contributed by atoms with Crippen molar-refractivity contribution in [2.75, 3.05) is 0 Å². The van der Waals surface area contributed by atoms with Crippen LogP contribution >= 0.6 is 0 Å². The molecule has 3 heteroatoms. The lowest BCUT2D eigenvalue weighted by Crippen LogP contribution is -2.24. The van der Waals surface area contributed by atoms with Crippen LogP contribution in [-0.2, 0) is 11.2 Å². The molecule has 0 aliphatic heterocycles. The first kappa shape index (κ1) is 7.60. The molecule has 0 saturated heterocycles. The van der Waals surface area contributed by atoms with Crippen LogP contribution in [0.1, 0.15) is 5.76 Å². The lowest BCUT2D eigenvalue weighted by atomic mass is 10.2. The topological polar surface area (TPSA) is 53.3 Å². The van der Waals surface area contributed by atoms with Crippen LogP contribution in [0.15, 0.2) is 35.0 Å². The van der Waals surface area contributed by atoms with Crippen LogP contribution in [0.3, 0.4) is 0 Å². The number of hydrogen-bond acceptors (Lipinski definition) is 3. The van der Waals surface area contributed by atoms with Gasteiger partial charge in [0, 0.05) is 6.42 Å². The van der Waals surface area contributed by atoms with E-state index in [9.17, 15) is 9.90 Å². The number of carboxylic acids is 1. The van der Waals surface area contributed by atoms with Crippen molar-refractivity contribution in [2.24, 2.45) is 0 Å². The minimum Gasteiger partial charge on any atom is -0.545 e. The van der Waals surface area contributed by atoms with Crippen LogP contribution in [-0.4, -0.2) is 5.97 Å². The van der Waals surface area contributed by atoms with Crippen molar-refractivity contribution in [3.05, 3.63) is 36.3 Å². The van der Waals surface area contributed by atoms with Gasteiger partial charge in [0.2, 0.25) is 0 Å². The fourth-order valence-electron chi connectivity index (χ4n) is 0.696. The molecule has 1 aromatic heterocycles. The van der Waals surface area contributed by atoms with Gasteiger partial charge in [-0.2, -0.15) is 0 Å². The first-order valence-electron chi connectivity index (χ1n) is 3.11. The van der Waals surface area contributed by atoms with Crippen molar-refractivity contribution in [2.45, 2.75) is 6.42 Å². The van der Waals surface area contributed by atoms with Crippen LogP contribution in [0.25, 0.3) is 0 Å². The van der Waals surface area contributed by atoms with Gasteiger partial charge < -0.3 is 14.3 Å². The molecular formula is C8H7O3-. The summed E-state index contributed by atoms with van der Waals surface area (Å²) < 4.78 is 4.90. The Bertz CT molecular complexity index is 259. The Labute approximate surface area is 64.0 Å². The highest BCUT2D eigenvalue weighted by atomic mass is 16.4. The molecule has 0 fully saturated rings. The van der Waals surface area contributed by atoms with Crippen molar-refractivity contribution in [3.63, 3.8) is 0 Å². The number of furan rings is 1. The Morgan fingerprint density at radius 3 is 2.91 bits per heavy atom. The summed E-state index contributed by atoms with van der Waals surface area (Å²) in [6.07, 6.45) is 1.69. The molecule has 0 unspecified atom stereocenters. The molecule has 0 atom stereocenters. The number of aliphatic carboxylic acids is 1. The molecule has 1 aromatic rings. The number of rotatable bonds is 3. The van der Waals surface area contributed by atoms with Crippen molar-refractivity contribution >= 4 is 5.97 Å². The first-order chi connectivity index (χ1) is 5.20. The Hall–Kier alpha value is -1.51. The summed E-state index contributed by atoms with van der Waals surface area (Å²) in [5, 5.41) is 10.2. The first-order valence-corrected chi connectivity index (χ1v) is 3.11. The molecular weight excluding hydrogens is 144 g/mol. The zero-order chi connectivity index (χ0) is 8.27. The number of hydrogen-bond donors (Lipinski definition) is 0. The summed E-state index contributed by atoms with van der Waals surface area (Å²) in [6.45, 7) is 3.31. The minimum absolute atomic E-state index is 0.0277. The number of carbonyl (C=O) groups excluding carboxylic acids is 1. The molecule has 1 rings (SSSR count). The summed E-state index contributed by atoms with van der Waals surface area (Å²) in [4.78, 5) is 10.2. The average Bonchev–Trinajstić information content (AvgIpc) is 2.39. The van der Waals surface area contributed by atoms with E-state index in [0.29, 0.717) is 5.76 Å². The van der Waals surface area contributed by atoms with E-state index >= 15 is 0 Å². The second kappa shape index (κ2) is 3.05. The van der Waals surface area contributed by atoms with E-state index in [0.717, 1.165) is 0 Å². The molecule has 0 radical (unpaired) electrons. The molecule has 0 saturated carbocycles. The fourth-order valence-corrected chi connectivity index (χ4v) is 0.696. The summed E-state index contributed by atoms with van der Waals surface area (Å²) in [6, 6.07) is 3.38. The van der Waals surface area contributed by atoms with Crippen molar-refractivity contribution < 1.29 is 14.3 Å². The number of carboxylic acid groups (broad SMARTS) is 1. The fraction of sp³-hybridized carbons (Fsp3) is 0.125. The van der Waals surface area contributed by atoms with Gasteiger partial charge in [0.25, 0.3) is 0 Å². The third-order valence-corrected chi connectivity index (χ3v) is 1.26. The highest BCUT2D eigenvalue weighted by molar-refractivity contribution is 5.84. The average molecular weight is 151 g/mol. The molecule has 0 amide bonds. The Morgan fingerprint density at radius 2 is 2.45 bits per heavy atom. The molecule has 0 aromatic carbocycles. The molecule has 0 N–H and O–H groups in total. The van der Waals surface area contributed by atoms with Crippen LogP contribution in [0.4, 0.5) is 0 Å². The lowest BCUT2D eigenvalue weighted by Gasteiger charge is -2.02. The minimum atomic E-state index is -1.23.